The number of carbonyl (C=O) groups is 1. The van der Waals surface area contributed by atoms with Crippen molar-refractivity contribution < 1.29 is 13.2 Å². The van der Waals surface area contributed by atoms with Crippen LogP contribution in [0.2, 0.25) is 0 Å². The summed E-state index contributed by atoms with van der Waals surface area (Å²) in [5.41, 5.74) is 3.52. The van der Waals surface area contributed by atoms with Crippen molar-refractivity contribution in [2.24, 2.45) is 5.92 Å². The van der Waals surface area contributed by atoms with Crippen molar-refractivity contribution in [3.63, 3.8) is 0 Å². The number of nitrogens with one attached hydrogen (secondary N) is 2. The van der Waals surface area contributed by atoms with Gasteiger partial charge >= 0.3 is 0 Å². The molecule has 0 spiro atoms. The molecule has 2 aromatic carbocycles. The highest BCUT2D eigenvalue weighted by Crippen LogP contribution is 2.35. The Balaban J connectivity index is 1.46. The molecule has 1 amide bonds. The highest BCUT2D eigenvalue weighted by molar-refractivity contribution is 7.89. The molecule has 5 rings (SSSR count). The van der Waals surface area contributed by atoms with Gasteiger partial charge in [-0.25, -0.2) is 13.1 Å². The number of likely N-dealkylation sites (N-methyl/N-ethyl adjacent to an activating group) is 1. The number of anilines is 2. The zero-order chi connectivity index (χ0) is 23.7. The van der Waals surface area contributed by atoms with Gasteiger partial charge in [0.15, 0.2) is 0 Å². The summed E-state index contributed by atoms with van der Waals surface area (Å²) in [5.74, 6) is 0.0283. The van der Waals surface area contributed by atoms with Crippen LogP contribution in [-0.2, 0) is 21.2 Å². The van der Waals surface area contributed by atoms with Crippen molar-refractivity contribution >= 4 is 27.3 Å². The van der Waals surface area contributed by atoms with E-state index in [1.165, 1.54) is 5.56 Å². The summed E-state index contributed by atoms with van der Waals surface area (Å²) in [6, 6.07) is 13.2. The highest BCUT2D eigenvalue weighted by Gasteiger charge is 2.32. The lowest BCUT2D eigenvalue weighted by atomic mass is 9.88. The molecule has 1 aliphatic heterocycles. The van der Waals surface area contributed by atoms with Crippen LogP contribution in [0.25, 0.3) is 0 Å². The van der Waals surface area contributed by atoms with E-state index in [-0.39, 0.29) is 22.8 Å². The highest BCUT2D eigenvalue weighted by atomic mass is 32.2. The van der Waals surface area contributed by atoms with Crippen LogP contribution >= 0.6 is 0 Å². The Morgan fingerprint density at radius 3 is 2.53 bits per heavy atom. The number of fused-ring (bicyclic) bond motifs is 1. The van der Waals surface area contributed by atoms with E-state index in [0.29, 0.717) is 11.4 Å². The molecule has 2 N–H and O–H groups in total. The summed E-state index contributed by atoms with van der Waals surface area (Å²) in [6.45, 7) is 6.49. The third-order valence-corrected chi connectivity index (χ3v) is 8.79. The van der Waals surface area contributed by atoms with Crippen LogP contribution in [0.15, 0.2) is 47.4 Å². The fourth-order valence-corrected chi connectivity index (χ4v) is 6.59. The summed E-state index contributed by atoms with van der Waals surface area (Å²) >= 11 is 0. The Kier molecular flexibility index (Phi) is 6.64. The minimum Gasteiger partial charge on any atom is -0.368 e. The second kappa shape index (κ2) is 9.68. The van der Waals surface area contributed by atoms with Crippen molar-refractivity contribution in [3.05, 3.63) is 53.6 Å². The molecule has 182 valence electrons. The smallest absolute Gasteiger partial charge is 0.243 e. The first-order valence-electron chi connectivity index (χ1n) is 12.5. The third kappa shape index (κ3) is 4.99. The largest absolute Gasteiger partial charge is 0.368 e. The van der Waals surface area contributed by atoms with Gasteiger partial charge in [-0.3, -0.25) is 4.79 Å². The van der Waals surface area contributed by atoms with Crippen molar-refractivity contribution in [1.82, 2.24) is 9.62 Å². The lowest BCUT2D eigenvalue weighted by Gasteiger charge is -2.36. The topological polar surface area (TPSA) is 81.8 Å². The first-order valence-corrected chi connectivity index (χ1v) is 14.0. The number of piperazine rings is 1. The monoisotopic (exact) mass is 482 g/mol. The maximum absolute atomic E-state index is 13.8. The van der Waals surface area contributed by atoms with Crippen molar-refractivity contribution in [1.29, 1.82) is 0 Å². The van der Waals surface area contributed by atoms with Gasteiger partial charge in [0.1, 0.15) is 4.90 Å². The quantitative estimate of drug-likeness (QED) is 0.631. The lowest BCUT2D eigenvalue weighted by Crippen LogP contribution is -2.46. The number of aryl methyl sites for hydroxylation is 1. The van der Waals surface area contributed by atoms with Crippen molar-refractivity contribution in [2.75, 3.05) is 42.9 Å². The van der Waals surface area contributed by atoms with Gasteiger partial charge in [-0.15, -0.1) is 0 Å². The third-order valence-electron chi connectivity index (χ3n) is 7.29. The van der Waals surface area contributed by atoms with Crippen LogP contribution in [0.3, 0.4) is 0 Å². The van der Waals surface area contributed by atoms with E-state index < -0.39 is 10.0 Å². The van der Waals surface area contributed by atoms with E-state index >= 15 is 0 Å². The molecule has 1 atom stereocenters. The van der Waals surface area contributed by atoms with E-state index in [2.05, 4.69) is 32.8 Å². The van der Waals surface area contributed by atoms with Crippen LogP contribution in [0.5, 0.6) is 0 Å². The number of hydrogen-bond donors (Lipinski definition) is 2. The van der Waals surface area contributed by atoms with E-state index in [9.17, 15) is 13.2 Å². The van der Waals surface area contributed by atoms with Gasteiger partial charge in [-0.05, 0) is 68.0 Å². The maximum Gasteiger partial charge on any atom is 0.243 e. The predicted octanol–water partition coefficient (Wildman–Crippen LogP) is 3.53. The lowest BCUT2D eigenvalue weighted by molar-refractivity contribution is -0.117. The molecule has 0 aromatic heterocycles. The number of sulfonamides is 1. The normalized spacial score (nSPS) is 21.2. The first kappa shape index (κ1) is 23.3. The molecule has 2 fully saturated rings. The number of hydrogen-bond acceptors (Lipinski definition) is 5. The first-order chi connectivity index (χ1) is 16.4. The summed E-state index contributed by atoms with van der Waals surface area (Å²) in [7, 11) is -3.82. The number of nitrogens with zero attached hydrogens (tertiary/aromatic N) is 2. The minimum absolute atomic E-state index is 0.0261. The van der Waals surface area contributed by atoms with Gasteiger partial charge in [0, 0.05) is 43.8 Å². The van der Waals surface area contributed by atoms with E-state index in [0.717, 1.165) is 70.4 Å². The van der Waals surface area contributed by atoms with Crippen LogP contribution in [0, 0.1) is 5.92 Å². The molecular weight excluding hydrogens is 448 g/mol. The molecule has 8 heteroatoms. The zero-order valence-electron chi connectivity index (χ0n) is 19.8. The number of amides is 1. The Morgan fingerprint density at radius 1 is 1.03 bits per heavy atom. The standard InChI is InChI=1S/C26H34N4O3S/c1-2-29-14-16-30(17-15-29)24-13-12-21(27-26(31)20-10-11-20)18-25(24)34(32,33)28-23-9-5-7-19-6-3-4-8-22(19)23/h3-4,6,8,12-13,18,20,23,28H,2,5,7,9-11,14-17H2,1H3,(H,27,31)/t23-/m1/s1. The molecule has 34 heavy (non-hydrogen) atoms. The van der Waals surface area contributed by atoms with E-state index in [1.54, 1.807) is 6.07 Å². The van der Waals surface area contributed by atoms with Crippen LogP contribution in [0.4, 0.5) is 11.4 Å². The number of carbonyl (C=O) groups excluding carboxylic acids is 1. The molecule has 7 nitrogen and oxygen atoms in total. The summed E-state index contributed by atoms with van der Waals surface area (Å²) in [5, 5.41) is 2.92. The molecular formula is C26H34N4O3S. The van der Waals surface area contributed by atoms with E-state index in [1.807, 2.05) is 30.3 Å². The Morgan fingerprint density at radius 2 is 1.79 bits per heavy atom. The fourth-order valence-electron chi connectivity index (χ4n) is 5.09. The average molecular weight is 483 g/mol. The summed E-state index contributed by atoms with van der Waals surface area (Å²) < 4.78 is 30.6. The second-order valence-electron chi connectivity index (χ2n) is 9.63. The molecule has 2 aromatic rings. The van der Waals surface area contributed by atoms with Gasteiger partial charge in [0.25, 0.3) is 0 Å². The number of benzene rings is 2. The molecule has 1 heterocycles. The van der Waals surface area contributed by atoms with Gasteiger partial charge in [0.2, 0.25) is 15.9 Å². The van der Waals surface area contributed by atoms with Gasteiger partial charge in [-0.2, -0.15) is 0 Å². The Bertz CT molecular complexity index is 1150. The molecule has 1 saturated heterocycles. The predicted molar refractivity (Wildman–Crippen MR) is 135 cm³/mol. The van der Waals surface area contributed by atoms with Gasteiger partial charge in [-0.1, -0.05) is 31.2 Å². The van der Waals surface area contributed by atoms with Crippen molar-refractivity contribution in [3.8, 4) is 0 Å². The molecule has 2 aliphatic carbocycles. The van der Waals surface area contributed by atoms with E-state index in [4.69, 9.17) is 0 Å². The molecule has 0 unspecified atom stereocenters. The zero-order valence-corrected chi connectivity index (χ0v) is 20.6. The van der Waals surface area contributed by atoms with Gasteiger partial charge < -0.3 is 15.1 Å². The van der Waals surface area contributed by atoms with Gasteiger partial charge in [0.05, 0.1) is 5.69 Å². The SMILES string of the molecule is CCN1CCN(c2ccc(NC(=O)C3CC3)cc2S(=O)(=O)N[C@@H]2CCCc3ccccc32)CC1. The summed E-state index contributed by atoms with van der Waals surface area (Å²) in [6.07, 6.45) is 4.51. The molecule has 1 saturated carbocycles. The van der Waals surface area contributed by atoms with Crippen LogP contribution in [-0.4, -0.2) is 51.9 Å². The summed E-state index contributed by atoms with van der Waals surface area (Å²) in [4.78, 5) is 17.1. The average Bonchev–Trinajstić information content (AvgIpc) is 3.70. The molecule has 0 radical (unpaired) electrons. The molecule has 3 aliphatic rings. The minimum atomic E-state index is -3.82. The maximum atomic E-state index is 13.8. The fraction of sp³-hybridized carbons (Fsp3) is 0.500. The number of rotatable bonds is 7. The van der Waals surface area contributed by atoms with Crippen molar-refractivity contribution in [2.45, 2.75) is 50.0 Å². The molecule has 0 bridgehead atoms. The Labute approximate surface area is 202 Å². The van der Waals surface area contributed by atoms with Crippen LogP contribution in [0.1, 0.15) is 49.8 Å². The second-order valence-corrected chi connectivity index (χ2v) is 11.3. The Hall–Kier alpha value is -2.42. The van der Waals surface area contributed by atoms with Crippen LogP contribution < -0.4 is 14.9 Å².